The third-order valence-electron chi connectivity index (χ3n) is 8.27. The minimum Gasteiger partial charge on any atom is -0.464 e. The monoisotopic (exact) mass is 854 g/mol. The van der Waals surface area contributed by atoms with E-state index >= 15 is 0 Å². The van der Waals surface area contributed by atoms with Crippen molar-refractivity contribution in [1.82, 2.24) is 9.80 Å². The highest BCUT2D eigenvalue weighted by atomic mass is 35.5. The molecule has 0 fully saturated rings. The molecule has 4 aromatic carbocycles. The number of benzene rings is 4. The molecular formula is C40H40Cl6N2O6. The summed E-state index contributed by atoms with van der Waals surface area (Å²) in [7, 11) is 3.14. The summed E-state index contributed by atoms with van der Waals surface area (Å²) in [5.41, 5.74) is 2.76. The fourth-order valence-corrected chi connectivity index (χ4v) is 6.70. The molecule has 0 saturated heterocycles. The van der Waals surface area contributed by atoms with Crippen LogP contribution in [-0.2, 0) is 54.3 Å². The van der Waals surface area contributed by atoms with Crippen molar-refractivity contribution >= 4 is 93.4 Å². The summed E-state index contributed by atoms with van der Waals surface area (Å²) in [6, 6.07) is 22.8. The number of carbonyl (C=O) groups is 4. The number of ether oxygens (including phenoxy) is 2. The fourth-order valence-electron chi connectivity index (χ4n) is 5.27. The lowest BCUT2D eigenvalue weighted by Crippen LogP contribution is -2.45. The minimum atomic E-state index is -0.807. The van der Waals surface area contributed by atoms with E-state index < -0.39 is 24.0 Å². The molecule has 0 bridgehead atoms. The fraction of sp³-hybridized carbons (Fsp3) is 0.300. The van der Waals surface area contributed by atoms with Gasteiger partial charge in [0.25, 0.3) is 0 Å². The standard InChI is InChI=1S/2C20H20Cl3NO3/c1-3-27-20(26)18(11-13-7-4-5-8-15(13)21)24(2)19(25)12-14-16(22)9-6-10-17(14)23;1-3-27-20(26)18(10-13-5-4-6-15(21)9-13)24(2)19(25)11-14-7-8-16(22)12-17(14)23/h4-10,18H,3,11-12H2,1-2H3;4-9,12,18H,3,10-11H2,1-2H3. The molecular weight excluding hydrogens is 817 g/mol. The molecule has 14 heteroatoms. The average Bonchev–Trinajstić information content (AvgIpc) is 3.12. The van der Waals surface area contributed by atoms with Gasteiger partial charge in [0.1, 0.15) is 12.1 Å². The van der Waals surface area contributed by atoms with Crippen LogP contribution in [-0.4, -0.2) is 72.9 Å². The number of hydrogen-bond acceptors (Lipinski definition) is 6. The molecule has 2 unspecified atom stereocenters. The van der Waals surface area contributed by atoms with Crippen LogP contribution in [0.3, 0.4) is 0 Å². The molecule has 0 aliphatic heterocycles. The molecule has 0 radical (unpaired) electrons. The van der Waals surface area contributed by atoms with Crippen LogP contribution in [0.25, 0.3) is 0 Å². The van der Waals surface area contributed by atoms with Crippen molar-refractivity contribution < 1.29 is 28.7 Å². The van der Waals surface area contributed by atoms with Gasteiger partial charge in [0, 0.05) is 57.1 Å². The number of rotatable bonds is 14. The van der Waals surface area contributed by atoms with E-state index in [0.717, 1.165) is 11.1 Å². The first-order valence-corrected chi connectivity index (χ1v) is 19.1. The lowest BCUT2D eigenvalue weighted by atomic mass is 10.0. The van der Waals surface area contributed by atoms with Crippen LogP contribution < -0.4 is 0 Å². The molecule has 0 aliphatic rings. The first kappa shape index (κ1) is 44.9. The molecule has 54 heavy (non-hydrogen) atoms. The van der Waals surface area contributed by atoms with Crippen LogP contribution in [0.15, 0.2) is 84.9 Å². The van der Waals surface area contributed by atoms with Gasteiger partial charge in [0.05, 0.1) is 26.1 Å². The number of esters is 2. The quantitative estimate of drug-likeness (QED) is 0.117. The normalized spacial score (nSPS) is 11.7. The molecule has 8 nitrogen and oxygen atoms in total. The van der Waals surface area contributed by atoms with E-state index in [4.69, 9.17) is 79.1 Å². The van der Waals surface area contributed by atoms with Crippen molar-refractivity contribution in [2.75, 3.05) is 27.3 Å². The Bertz CT molecular complexity index is 1910. The smallest absolute Gasteiger partial charge is 0.329 e. The van der Waals surface area contributed by atoms with Crippen LogP contribution in [0.1, 0.15) is 36.1 Å². The highest BCUT2D eigenvalue weighted by molar-refractivity contribution is 6.36. The van der Waals surface area contributed by atoms with Gasteiger partial charge >= 0.3 is 11.9 Å². The molecule has 2 atom stereocenters. The van der Waals surface area contributed by atoms with Crippen LogP contribution >= 0.6 is 69.6 Å². The number of halogens is 6. The van der Waals surface area contributed by atoms with Gasteiger partial charge in [-0.05, 0) is 78.6 Å². The summed E-state index contributed by atoms with van der Waals surface area (Å²) >= 11 is 36.6. The summed E-state index contributed by atoms with van der Waals surface area (Å²) in [5, 5.41) is 2.81. The zero-order valence-electron chi connectivity index (χ0n) is 30.1. The van der Waals surface area contributed by atoms with Crippen molar-refractivity contribution in [1.29, 1.82) is 0 Å². The van der Waals surface area contributed by atoms with E-state index in [1.54, 1.807) is 94.7 Å². The summed E-state index contributed by atoms with van der Waals surface area (Å²) in [4.78, 5) is 53.3. The second-order valence-electron chi connectivity index (χ2n) is 12.0. The maximum absolute atomic E-state index is 12.8. The molecule has 4 aromatic rings. The van der Waals surface area contributed by atoms with Gasteiger partial charge in [-0.2, -0.15) is 0 Å². The van der Waals surface area contributed by atoms with E-state index in [1.807, 2.05) is 18.2 Å². The number of likely N-dealkylation sites (N-methyl/N-ethyl adjacent to an activating group) is 2. The highest BCUT2D eigenvalue weighted by Crippen LogP contribution is 2.27. The van der Waals surface area contributed by atoms with Gasteiger partial charge in [-0.3, -0.25) is 9.59 Å². The van der Waals surface area contributed by atoms with Crippen molar-refractivity contribution in [3.63, 3.8) is 0 Å². The van der Waals surface area contributed by atoms with E-state index in [9.17, 15) is 19.2 Å². The molecule has 4 rings (SSSR count). The van der Waals surface area contributed by atoms with Gasteiger partial charge in [-0.1, -0.05) is 112 Å². The lowest BCUT2D eigenvalue weighted by Gasteiger charge is -2.27. The zero-order chi connectivity index (χ0) is 39.9. The molecule has 0 saturated carbocycles. The molecule has 288 valence electrons. The van der Waals surface area contributed by atoms with Gasteiger partial charge in [0.15, 0.2) is 0 Å². The summed E-state index contributed by atoms with van der Waals surface area (Å²) in [5.74, 6) is -1.50. The Hall–Kier alpha value is -3.50. The van der Waals surface area contributed by atoms with E-state index in [2.05, 4.69) is 0 Å². The molecule has 0 aliphatic carbocycles. The lowest BCUT2D eigenvalue weighted by molar-refractivity contribution is -0.153. The molecule has 0 heterocycles. The van der Waals surface area contributed by atoms with E-state index in [1.165, 1.54) is 9.80 Å². The predicted molar refractivity (Wildman–Crippen MR) is 217 cm³/mol. The topological polar surface area (TPSA) is 93.2 Å². The molecule has 0 N–H and O–H groups in total. The molecule has 0 aromatic heterocycles. The Morgan fingerprint density at radius 3 is 1.63 bits per heavy atom. The SMILES string of the molecule is CCOC(=O)C(Cc1cccc(Cl)c1)N(C)C(=O)Cc1ccc(Cl)cc1Cl.CCOC(=O)C(Cc1ccccc1Cl)N(C)C(=O)Cc1c(Cl)cccc1Cl. The van der Waals surface area contributed by atoms with Gasteiger partial charge in [0.2, 0.25) is 11.8 Å². The number of amides is 2. The van der Waals surface area contributed by atoms with Crippen LogP contribution in [0, 0.1) is 0 Å². The van der Waals surface area contributed by atoms with Gasteiger partial charge < -0.3 is 19.3 Å². The Morgan fingerprint density at radius 1 is 0.556 bits per heavy atom. The predicted octanol–water partition coefficient (Wildman–Crippen LogP) is 9.64. The van der Waals surface area contributed by atoms with Crippen molar-refractivity contribution in [2.45, 2.75) is 51.6 Å². The van der Waals surface area contributed by atoms with Gasteiger partial charge in [-0.15, -0.1) is 0 Å². The second kappa shape index (κ2) is 22.2. The van der Waals surface area contributed by atoms with E-state index in [0.29, 0.717) is 47.7 Å². The Balaban J connectivity index is 0.000000290. The number of nitrogens with zero attached hydrogens (tertiary/aromatic N) is 2. The number of carbonyl (C=O) groups excluding carboxylic acids is 4. The Morgan fingerprint density at radius 2 is 1.07 bits per heavy atom. The Kier molecular flexibility index (Phi) is 18.4. The third-order valence-corrected chi connectivity index (χ3v) is 10.2. The maximum atomic E-state index is 12.8. The molecule has 0 spiro atoms. The van der Waals surface area contributed by atoms with Crippen LogP contribution in [0.5, 0.6) is 0 Å². The highest BCUT2D eigenvalue weighted by Gasteiger charge is 2.30. The van der Waals surface area contributed by atoms with E-state index in [-0.39, 0.29) is 44.3 Å². The summed E-state index contributed by atoms with van der Waals surface area (Å²) in [6.07, 6.45) is 0.582. The van der Waals surface area contributed by atoms with Crippen molar-refractivity contribution in [3.05, 3.63) is 137 Å². The third kappa shape index (κ3) is 13.4. The first-order chi connectivity index (χ1) is 25.7. The summed E-state index contributed by atoms with van der Waals surface area (Å²) in [6.45, 7) is 3.89. The molecule has 2 amide bonds. The van der Waals surface area contributed by atoms with Crippen molar-refractivity contribution in [3.8, 4) is 0 Å². The Labute approximate surface area is 346 Å². The van der Waals surface area contributed by atoms with Crippen LogP contribution in [0.2, 0.25) is 30.1 Å². The minimum absolute atomic E-state index is 0.0204. The van der Waals surface area contributed by atoms with Gasteiger partial charge in [-0.25, -0.2) is 9.59 Å². The van der Waals surface area contributed by atoms with Crippen molar-refractivity contribution in [2.24, 2.45) is 0 Å². The van der Waals surface area contributed by atoms with Crippen LogP contribution in [0.4, 0.5) is 0 Å². The summed E-state index contributed by atoms with van der Waals surface area (Å²) < 4.78 is 10.3. The average molecular weight is 857 g/mol. The maximum Gasteiger partial charge on any atom is 0.329 e. The first-order valence-electron chi connectivity index (χ1n) is 16.9. The second-order valence-corrected chi connectivity index (χ2v) is 14.5. The zero-order valence-corrected chi connectivity index (χ0v) is 34.6. The largest absolute Gasteiger partial charge is 0.464 e. The number of hydrogen-bond donors (Lipinski definition) is 0.